The number of esters is 1. The third-order valence-electron chi connectivity index (χ3n) is 4.89. The van der Waals surface area contributed by atoms with E-state index in [2.05, 4.69) is 9.98 Å². The molecular weight excluding hydrogens is 411 g/mol. The van der Waals surface area contributed by atoms with Gasteiger partial charge >= 0.3 is 12.1 Å². The van der Waals surface area contributed by atoms with Gasteiger partial charge in [0, 0.05) is 29.9 Å². The zero-order valence-electron chi connectivity index (χ0n) is 17.4. The van der Waals surface area contributed by atoms with Crippen LogP contribution in [0.15, 0.2) is 41.5 Å². The highest BCUT2D eigenvalue weighted by Crippen LogP contribution is 2.49. The van der Waals surface area contributed by atoms with Crippen LogP contribution >= 0.6 is 0 Å². The quantitative estimate of drug-likeness (QED) is 0.686. The number of pyridine rings is 1. The molecule has 1 aliphatic rings. The van der Waals surface area contributed by atoms with Crippen LogP contribution in [0.3, 0.4) is 0 Å². The van der Waals surface area contributed by atoms with E-state index < -0.39 is 29.5 Å². The number of alkyl halides is 3. The Bertz CT molecular complexity index is 989. The number of hydrogen-bond donors (Lipinski definition) is 1. The van der Waals surface area contributed by atoms with Gasteiger partial charge in [-0.2, -0.15) is 13.2 Å². The predicted octanol–water partition coefficient (Wildman–Crippen LogP) is 4.24. The molecule has 6 nitrogen and oxygen atoms in total. The fourth-order valence-corrected chi connectivity index (χ4v) is 3.74. The Kier molecular flexibility index (Phi) is 6.64. The van der Waals surface area contributed by atoms with E-state index in [9.17, 15) is 18.0 Å². The molecule has 3 rings (SSSR count). The zero-order chi connectivity index (χ0) is 22.8. The number of halogens is 3. The summed E-state index contributed by atoms with van der Waals surface area (Å²) in [6.45, 7) is 5.21. The highest BCUT2D eigenvalue weighted by molar-refractivity contribution is 6.05. The van der Waals surface area contributed by atoms with Gasteiger partial charge < -0.3 is 15.2 Å². The summed E-state index contributed by atoms with van der Waals surface area (Å²) in [7, 11) is 0. The molecule has 1 aromatic carbocycles. The molecule has 2 atom stereocenters. The van der Waals surface area contributed by atoms with Gasteiger partial charge in [-0.05, 0) is 38.5 Å². The maximum Gasteiger partial charge on any atom is 0.416 e. The summed E-state index contributed by atoms with van der Waals surface area (Å²) in [5.41, 5.74) is 5.62. The number of rotatable bonds is 6. The van der Waals surface area contributed by atoms with Crippen molar-refractivity contribution in [3.05, 3.63) is 53.2 Å². The number of benzene rings is 1. The molecule has 0 spiro atoms. The van der Waals surface area contributed by atoms with E-state index in [1.54, 1.807) is 26.8 Å². The third-order valence-corrected chi connectivity index (χ3v) is 4.89. The van der Waals surface area contributed by atoms with E-state index >= 15 is 0 Å². The molecule has 166 valence electrons. The molecule has 1 aliphatic heterocycles. The second-order valence-corrected chi connectivity index (χ2v) is 7.47. The Hall–Kier alpha value is -2.94. The van der Waals surface area contributed by atoms with Crippen molar-refractivity contribution in [1.29, 1.82) is 0 Å². The minimum absolute atomic E-state index is 0.0501. The fraction of sp³-hybridized carbons (Fsp3) is 0.409. The summed E-state index contributed by atoms with van der Waals surface area (Å²) < 4.78 is 52.8. The molecule has 2 N–H and O–H groups in total. The normalized spacial score (nSPS) is 18.4. The number of fused-ring (bicyclic) bond motifs is 1. The summed E-state index contributed by atoms with van der Waals surface area (Å²) >= 11 is 0. The monoisotopic (exact) mass is 435 g/mol. The van der Waals surface area contributed by atoms with Crippen molar-refractivity contribution in [2.45, 2.75) is 39.0 Å². The molecule has 0 amide bonds. The molecule has 0 saturated heterocycles. The average Bonchev–Trinajstić information content (AvgIpc) is 2.70. The van der Waals surface area contributed by atoms with Crippen LogP contribution in [0.5, 0.6) is 5.88 Å². The first-order chi connectivity index (χ1) is 14.6. The van der Waals surface area contributed by atoms with Crippen LogP contribution in [-0.4, -0.2) is 35.9 Å². The number of aliphatic imine (C=N–C) groups is 1. The Morgan fingerprint density at radius 3 is 2.58 bits per heavy atom. The lowest BCUT2D eigenvalue weighted by molar-refractivity contribution is -0.147. The van der Waals surface area contributed by atoms with Gasteiger partial charge in [-0.3, -0.25) is 9.79 Å². The largest absolute Gasteiger partial charge is 0.475 e. The Balaban J connectivity index is 2.29. The van der Waals surface area contributed by atoms with Crippen molar-refractivity contribution < 1.29 is 27.4 Å². The van der Waals surface area contributed by atoms with Gasteiger partial charge in [0.25, 0.3) is 0 Å². The van der Waals surface area contributed by atoms with E-state index in [4.69, 9.17) is 15.2 Å². The second-order valence-electron chi connectivity index (χ2n) is 7.47. The van der Waals surface area contributed by atoms with Crippen LogP contribution in [-0.2, 0) is 15.7 Å². The van der Waals surface area contributed by atoms with Gasteiger partial charge in [0.15, 0.2) is 0 Å². The Morgan fingerprint density at radius 2 is 1.94 bits per heavy atom. The highest BCUT2D eigenvalue weighted by Gasteiger charge is 2.45. The molecule has 0 radical (unpaired) electrons. The minimum atomic E-state index is -4.62. The summed E-state index contributed by atoms with van der Waals surface area (Å²) in [4.78, 5) is 21.7. The van der Waals surface area contributed by atoms with Gasteiger partial charge in [0.1, 0.15) is 12.5 Å². The van der Waals surface area contributed by atoms with E-state index in [1.165, 1.54) is 24.4 Å². The number of carbonyl (C=O) groups is 1. The molecular formula is C22H24F3N3O3. The smallest absolute Gasteiger partial charge is 0.416 e. The Labute approximate surface area is 178 Å². The van der Waals surface area contributed by atoms with Crippen molar-refractivity contribution in [2.24, 2.45) is 16.6 Å². The van der Waals surface area contributed by atoms with Crippen LogP contribution in [0.2, 0.25) is 0 Å². The molecule has 0 fully saturated rings. The molecule has 2 aromatic rings. The van der Waals surface area contributed by atoms with Gasteiger partial charge in [-0.1, -0.05) is 18.2 Å². The van der Waals surface area contributed by atoms with Crippen molar-refractivity contribution in [1.82, 2.24) is 4.98 Å². The topological polar surface area (TPSA) is 86.8 Å². The van der Waals surface area contributed by atoms with Crippen LogP contribution < -0.4 is 10.5 Å². The number of nitrogens with two attached hydrogens (primary N) is 1. The van der Waals surface area contributed by atoms with Gasteiger partial charge in [-0.15, -0.1) is 0 Å². The first-order valence-corrected chi connectivity index (χ1v) is 9.88. The molecule has 9 heteroatoms. The van der Waals surface area contributed by atoms with Gasteiger partial charge in [0.05, 0.1) is 17.4 Å². The standard InChI is InChI=1S/C22H24F3N3O3/c1-12(2)31-20-19-16(8-10-27-20)28-13(3)17(21(29)30-11-9-26)18(19)14-6-4-5-7-15(14)22(23,24)25/h4-8,10,12,17-18H,9,11,26H2,1-3H3. The summed E-state index contributed by atoms with van der Waals surface area (Å²) in [6, 6.07) is 6.78. The summed E-state index contributed by atoms with van der Waals surface area (Å²) in [5.74, 6) is -2.68. The molecule has 2 heterocycles. The van der Waals surface area contributed by atoms with E-state index in [1.807, 2.05) is 0 Å². The van der Waals surface area contributed by atoms with Crippen molar-refractivity contribution in [3.8, 4) is 5.88 Å². The second kappa shape index (κ2) is 9.05. The number of hydrogen-bond acceptors (Lipinski definition) is 6. The molecule has 1 aromatic heterocycles. The van der Waals surface area contributed by atoms with E-state index in [0.29, 0.717) is 17.0 Å². The van der Waals surface area contributed by atoms with Crippen LogP contribution in [0.25, 0.3) is 0 Å². The lowest BCUT2D eigenvalue weighted by atomic mass is 9.74. The van der Waals surface area contributed by atoms with E-state index in [0.717, 1.165) is 6.07 Å². The van der Waals surface area contributed by atoms with Crippen molar-refractivity contribution in [2.75, 3.05) is 13.2 Å². The molecule has 2 unspecified atom stereocenters. The van der Waals surface area contributed by atoms with Crippen LogP contribution in [0, 0.1) is 5.92 Å². The molecule has 0 saturated carbocycles. The van der Waals surface area contributed by atoms with Crippen LogP contribution in [0.1, 0.15) is 43.4 Å². The molecule has 0 aliphatic carbocycles. The SMILES string of the molecule is CC1=Nc2ccnc(OC(C)C)c2C(c2ccccc2C(F)(F)F)C1C(=O)OCCN. The maximum absolute atomic E-state index is 13.9. The molecule has 0 bridgehead atoms. The first kappa shape index (κ1) is 22.7. The average molecular weight is 435 g/mol. The van der Waals surface area contributed by atoms with Gasteiger partial charge in [0.2, 0.25) is 5.88 Å². The third kappa shape index (κ3) is 4.71. The number of nitrogens with zero attached hydrogens (tertiary/aromatic N) is 2. The number of ether oxygens (including phenoxy) is 2. The van der Waals surface area contributed by atoms with E-state index in [-0.39, 0.29) is 30.7 Å². The van der Waals surface area contributed by atoms with Crippen molar-refractivity contribution >= 4 is 17.4 Å². The maximum atomic E-state index is 13.9. The lowest BCUT2D eigenvalue weighted by Gasteiger charge is -2.33. The summed E-state index contributed by atoms with van der Waals surface area (Å²) in [5, 5.41) is 0. The van der Waals surface area contributed by atoms with Crippen LogP contribution in [0.4, 0.5) is 18.9 Å². The zero-order valence-corrected chi connectivity index (χ0v) is 17.4. The van der Waals surface area contributed by atoms with Gasteiger partial charge in [-0.25, -0.2) is 4.98 Å². The summed E-state index contributed by atoms with van der Waals surface area (Å²) in [6.07, 6.45) is -3.42. The number of carbonyl (C=O) groups excluding carboxylic acids is 1. The highest BCUT2D eigenvalue weighted by atomic mass is 19.4. The van der Waals surface area contributed by atoms with Crippen molar-refractivity contribution in [3.63, 3.8) is 0 Å². The Morgan fingerprint density at radius 1 is 1.23 bits per heavy atom. The number of aromatic nitrogens is 1. The molecule has 31 heavy (non-hydrogen) atoms. The lowest BCUT2D eigenvalue weighted by Crippen LogP contribution is -2.35. The predicted molar refractivity (Wildman–Crippen MR) is 110 cm³/mol. The minimum Gasteiger partial charge on any atom is -0.475 e. The fourth-order valence-electron chi connectivity index (χ4n) is 3.74. The first-order valence-electron chi connectivity index (χ1n) is 9.88.